The van der Waals surface area contributed by atoms with Gasteiger partial charge in [-0.05, 0) is 44.0 Å². The van der Waals surface area contributed by atoms with Crippen LogP contribution in [0.15, 0.2) is 18.2 Å². The molecule has 1 aromatic carbocycles. The summed E-state index contributed by atoms with van der Waals surface area (Å²) in [7, 11) is 0. The molecule has 1 heterocycles. The number of rotatable bonds is 3. The molecular formula is C15H21N3O2. The van der Waals surface area contributed by atoms with E-state index in [4.69, 9.17) is 5.73 Å². The molecule has 0 atom stereocenters. The van der Waals surface area contributed by atoms with Gasteiger partial charge < -0.3 is 16.0 Å². The van der Waals surface area contributed by atoms with Crippen LogP contribution in [0.4, 0.5) is 11.4 Å². The standard InChI is InChI=1S/C15H21N3O2/c1-10(19)18-7-6-11-8-12(4-5-13(11)18)17-14(20)9-15(2,3)16/h4-5,8H,6-7,9,16H2,1-3H3,(H,17,20). The molecule has 0 fully saturated rings. The Morgan fingerprint density at radius 3 is 2.70 bits per heavy atom. The minimum atomic E-state index is -0.522. The first kappa shape index (κ1) is 14.5. The summed E-state index contributed by atoms with van der Waals surface area (Å²) in [5.41, 5.74) is 8.09. The summed E-state index contributed by atoms with van der Waals surface area (Å²) < 4.78 is 0. The molecule has 3 N–H and O–H groups in total. The van der Waals surface area contributed by atoms with Crippen LogP contribution >= 0.6 is 0 Å². The Morgan fingerprint density at radius 1 is 1.40 bits per heavy atom. The van der Waals surface area contributed by atoms with Crippen LogP contribution in [0.1, 0.15) is 32.8 Å². The van der Waals surface area contributed by atoms with Crippen molar-refractivity contribution in [2.45, 2.75) is 39.2 Å². The first-order valence-corrected chi connectivity index (χ1v) is 6.76. The number of amides is 2. The zero-order valence-corrected chi connectivity index (χ0v) is 12.2. The van der Waals surface area contributed by atoms with E-state index in [1.165, 1.54) is 0 Å². The molecule has 0 radical (unpaired) electrons. The van der Waals surface area contributed by atoms with Crippen LogP contribution < -0.4 is 16.0 Å². The van der Waals surface area contributed by atoms with Crippen LogP contribution in [0, 0.1) is 0 Å². The van der Waals surface area contributed by atoms with Crippen molar-refractivity contribution in [1.82, 2.24) is 0 Å². The number of benzene rings is 1. The fourth-order valence-electron chi connectivity index (χ4n) is 2.43. The van der Waals surface area contributed by atoms with E-state index < -0.39 is 5.54 Å². The van der Waals surface area contributed by atoms with Gasteiger partial charge in [-0.1, -0.05) is 0 Å². The lowest BCUT2D eigenvalue weighted by atomic mass is 10.0. The third kappa shape index (κ3) is 3.36. The van der Waals surface area contributed by atoms with Gasteiger partial charge in [-0.15, -0.1) is 0 Å². The SMILES string of the molecule is CC(=O)N1CCc2cc(NC(=O)CC(C)(C)N)ccc21. The predicted octanol–water partition coefficient (Wildman–Crippen LogP) is 1.66. The molecule has 0 aliphatic carbocycles. The largest absolute Gasteiger partial charge is 0.326 e. The lowest BCUT2D eigenvalue weighted by molar-refractivity contribution is -0.117. The topological polar surface area (TPSA) is 75.4 Å². The molecule has 5 heteroatoms. The van der Waals surface area contributed by atoms with Gasteiger partial charge in [0, 0.05) is 36.8 Å². The van der Waals surface area contributed by atoms with Crippen molar-refractivity contribution in [3.63, 3.8) is 0 Å². The van der Waals surface area contributed by atoms with Crippen LogP contribution in [0.2, 0.25) is 0 Å². The number of nitrogens with one attached hydrogen (secondary N) is 1. The molecule has 1 aromatic rings. The van der Waals surface area contributed by atoms with Gasteiger partial charge in [0.2, 0.25) is 11.8 Å². The molecule has 2 rings (SSSR count). The van der Waals surface area contributed by atoms with Gasteiger partial charge in [0.05, 0.1) is 0 Å². The van der Waals surface area contributed by atoms with Crippen LogP contribution in [-0.2, 0) is 16.0 Å². The molecular weight excluding hydrogens is 254 g/mol. The molecule has 108 valence electrons. The van der Waals surface area contributed by atoms with Gasteiger partial charge in [0.15, 0.2) is 0 Å². The normalized spacial score (nSPS) is 14.1. The molecule has 2 amide bonds. The van der Waals surface area contributed by atoms with E-state index in [9.17, 15) is 9.59 Å². The molecule has 5 nitrogen and oxygen atoms in total. The monoisotopic (exact) mass is 275 g/mol. The number of carbonyl (C=O) groups is 2. The van der Waals surface area contributed by atoms with Gasteiger partial charge in [-0.3, -0.25) is 9.59 Å². The highest BCUT2D eigenvalue weighted by Gasteiger charge is 2.22. The van der Waals surface area contributed by atoms with Crippen molar-refractivity contribution in [2.75, 3.05) is 16.8 Å². The fourth-order valence-corrected chi connectivity index (χ4v) is 2.43. The Kier molecular flexibility index (Phi) is 3.81. The van der Waals surface area contributed by atoms with Crippen molar-refractivity contribution >= 4 is 23.2 Å². The van der Waals surface area contributed by atoms with Crippen molar-refractivity contribution in [3.8, 4) is 0 Å². The van der Waals surface area contributed by atoms with Crippen molar-refractivity contribution < 1.29 is 9.59 Å². The van der Waals surface area contributed by atoms with E-state index in [1.54, 1.807) is 11.8 Å². The number of hydrogen-bond donors (Lipinski definition) is 2. The Hall–Kier alpha value is -1.88. The lowest BCUT2D eigenvalue weighted by Gasteiger charge is -2.18. The number of fused-ring (bicyclic) bond motifs is 1. The van der Waals surface area contributed by atoms with Crippen molar-refractivity contribution in [3.05, 3.63) is 23.8 Å². The number of anilines is 2. The van der Waals surface area contributed by atoms with Gasteiger partial charge in [0.1, 0.15) is 0 Å². The van der Waals surface area contributed by atoms with Crippen LogP contribution in [-0.4, -0.2) is 23.9 Å². The summed E-state index contributed by atoms with van der Waals surface area (Å²) in [6.45, 7) is 5.91. The van der Waals surface area contributed by atoms with Gasteiger partial charge in [-0.25, -0.2) is 0 Å². The summed E-state index contributed by atoms with van der Waals surface area (Å²) in [6, 6.07) is 5.63. The Morgan fingerprint density at radius 2 is 2.10 bits per heavy atom. The van der Waals surface area contributed by atoms with E-state index in [1.807, 2.05) is 32.0 Å². The summed E-state index contributed by atoms with van der Waals surface area (Å²) in [5.74, 6) is -0.0516. The maximum atomic E-state index is 11.8. The van der Waals surface area contributed by atoms with Gasteiger partial charge >= 0.3 is 0 Å². The van der Waals surface area contributed by atoms with Crippen molar-refractivity contribution in [2.24, 2.45) is 5.73 Å². The van der Waals surface area contributed by atoms with E-state index in [-0.39, 0.29) is 18.2 Å². The third-order valence-corrected chi connectivity index (χ3v) is 3.26. The highest BCUT2D eigenvalue weighted by molar-refractivity contribution is 5.95. The third-order valence-electron chi connectivity index (χ3n) is 3.26. The molecule has 0 unspecified atom stereocenters. The molecule has 0 saturated carbocycles. The smallest absolute Gasteiger partial charge is 0.226 e. The zero-order chi connectivity index (χ0) is 14.9. The van der Waals surface area contributed by atoms with Crippen LogP contribution in [0.5, 0.6) is 0 Å². The highest BCUT2D eigenvalue weighted by Crippen LogP contribution is 2.30. The van der Waals surface area contributed by atoms with E-state index in [0.29, 0.717) is 6.54 Å². The maximum Gasteiger partial charge on any atom is 0.226 e. The fraction of sp³-hybridized carbons (Fsp3) is 0.467. The maximum absolute atomic E-state index is 11.8. The summed E-state index contributed by atoms with van der Waals surface area (Å²) in [4.78, 5) is 25.1. The minimum Gasteiger partial charge on any atom is -0.326 e. The number of nitrogens with two attached hydrogens (primary N) is 1. The first-order valence-electron chi connectivity index (χ1n) is 6.76. The molecule has 0 aromatic heterocycles. The van der Waals surface area contributed by atoms with E-state index in [0.717, 1.165) is 23.4 Å². The number of nitrogens with zero attached hydrogens (tertiary/aromatic N) is 1. The van der Waals surface area contributed by atoms with Crippen molar-refractivity contribution in [1.29, 1.82) is 0 Å². The minimum absolute atomic E-state index is 0.0467. The number of hydrogen-bond acceptors (Lipinski definition) is 3. The second-order valence-electron chi connectivity index (χ2n) is 5.98. The second-order valence-corrected chi connectivity index (χ2v) is 5.98. The van der Waals surface area contributed by atoms with Gasteiger partial charge in [0.25, 0.3) is 0 Å². The predicted molar refractivity (Wildman–Crippen MR) is 79.7 cm³/mol. The molecule has 0 bridgehead atoms. The zero-order valence-electron chi connectivity index (χ0n) is 12.2. The number of carbonyl (C=O) groups excluding carboxylic acids is 2. The highest BCUT2D eigenvalue weighted by atomic mass is 16.2. The second kappa shape index (κ2) is 5.25. The summed E-state index contributed by atoms with van der Waals surface area (Å²) >= 11 is 0. The molecule has 0 spiro atoms. The summed E-state index contributed by atoms with van der Waals surface area (Å²) in [6.07, 6.45) is 1.09. The first-order chi connectivity index (χ1) is 9.26. The quantitative estimate of drug-likeness (QED) is 0.881. The average Bonchev–Trinajstić information content (AvgIpc) is 2.68. The van der Waals surface area contributed by atoms with E-state index in [2.05, 4.69) is 5.32 Å². The molecule has 1 aliphatic rings. The van der Waals surface area contributed by atoms with Gasteiger partial charge in [-0.2, -0.15) is 0 Å². The molecule has 20 heavy (non-hydrogen) atoms. The Bertz CT molecular complexity index is 547. The lowest BCUT2D eigenvalue weighted by Crippen LogP contribution is -2.36. The van der Waals surface area contributed by atoms with Crippen LogP contribution in [0.25, 0.3) is 0 Å². The Balaban J connectivity index is 2.10. The van der Waals surface area contributed by atoms with E-state index >= 15 is 0 Å². The summed E-state index contributed by atoms with van der Waals surface area (Å²) in [5, 5.41) is 2.85. The Labute approximate surface area is 119 Å². The average molecular weight is 275 g/mol. The molecule has 0 saturated heterocycles. The molecule has 1 aliphatic heterocycles. The van der Waals surface area contributed by atoms with Crippen LogP contribution in [0.3, 0.4) is 0 Å².